The van der Waals surface area contributed by atoms with Crippen molar-refractivity contribution in [2.75, 3.05) is 52.4 Å². The second-order valence-corrected chi connectivity index (χ2v) is 8.26. The highest BCUT2D eigenvalue weighted by molar-refractivity contribution is 5.76. The van der Waals surface area contributed by atoms with Gasteiger partial charge in [0.25, 0.3) is 0 Å². The van der Waals surface area contributed by atoms with E-state index in [9.17, 15) is 4.79 Å². The van der Waals surface area contributed by atoms with E-state index in [2.05, 4.69) is 26.8 Å². The van der Waals surface area contributed by atoms with E-state index in [1.54, 1.807) is 0 Å². The lowest BCUT2D eigenvalue weighted by atomic mass is 9.83. The number of piperazine rings is 1. The molecule has 4 aliphatic rings. The molecule has 1 aromatic carbocycles. The molecule has 0 aromatic heterocycles. The molecule has 5 heteroatoms. The summed E-state index contributed by atoms with van der Waals surface area (Å²) in [6, 6.07) is 10.9. The fourth-order valence-corrected chi connectivity index (χ4v) is 4.90. The van der Waals surface area contributed by atoms with Crippen LogP contribution in [0.5, 0.6) is 0 Å². The maximum atomic E-state index is 12.5. The van der Waals surface area contributed by atoms with Gasteiger partial charge in [0.05, 0.1) is 6.61 Å². The Hall–Kier alpha value is -1.43. The zero-order valence-corrected chi connectivity index (χ0v) is 16.4. The van der Waals surface area contributed by atoms with Crippen molar-refractivity contribution >= 4 is 5.91 Å². The summed E-state index contributed by atoms with van der Waals surface area (Å²) in [6.45, 7) is 9.01. The van der Waals surface area contributed by atoms with Crippen LogP contribution in [0.15, 0.2) is 30.3 Å². The van der Waals surface area contributed by atoms with Gasteiger partial charge in [-0.1, -0.05) is 30.3 Å². The second kappa shape index (κ2) is 9.18. The molecule has 4 fully saturated rings. The van der Waals surface area contributed by atoms with Gasteiger partial charge in [-0.15, -0.1) is 0 Å². The highest BCUT2D eigenvalue weighted by atomic mass is 16.5. The number of fused-ring (bicyclic) bond motifs is 3. The molecule has 1 unspecified atom stereocenters. The molecule has 0 saturated carbocycles. The lowest BCUT2D eigenvalue weighted by Gasteiger charge is -2.51. The summed E-state index contributed by atoms with van der Waals surface area (Å²) < 4.78 is 5.70. The van der Waals surface area contributed by atoms with E-state index in [0.29, 0.717) is 25.5 Å². The predicted molar refractivity (Wildman–Crippen MR) is 106 cm³/mol. The van der Waals surface area contributed by atoms with Crippen LogP contribution in [0.3, 0.4) is 0 Å². The predicted octanol–water partition coefficient (Wildman–Crippen LogP) is 2.22. The van der Waals surface area contributed by atoms with Gasteiger partial charge in [-0.05, 0) is 43.8 Å². The Labute approximate surface area is 163 Å². The largest absolute Gasteiger partial charge is 0.377 e. The Morgan fingerprint density at radius 2 is 1.74 bits per heavy atom. The van der Waals surface area contributed by atoms with Gasteiger partial charge in [-0.25, -0.2) is 0 Å². The average molecular weight is 372 g/mol. The summed E-state index contributed by atoms with van der Waals surface area (Å²) >= 11 is 0. The molecule has 0 N–H and O–H groups in total. The van der Waals surface area contributed by atoms with Crippen LogP contribution in [0, 0.1) is 5.92 Å². The molecule has 0 aliphatic carbocycles. The first-order valence-corrected chi connectivity index (χ1v) is 10.7. The van der Waals surface area contributed by atoms with E-state index in [-0.39, 0.29) is 0 Å². The summed E-state index contributed by atoms with van der Waals surface area (Å²) in [5, 5.41) is 0. The van der Waals surface area contributed by atoms with Crippen LogP contribution in [0.1, 0.15) is 31.2 Å². The summed E-state index contributed by atoms with van der Waals surface area (Å²) in [7, 11) is 0. The van der Waals surface area contributed by atoms with Gasteiger partial charge in [0.2, 0.25) is 5.91 Å². The molecule has 1 atom stereocenters. The third-order valence-electron chi connectivity index (χ3n) is 6.55. The monoisotopic (exact) mass is 371 g/mol. The minimum absolute atomic E-state index is 0.298. The molecule has 1 aromatic rings. The number of carbonyl (C=O) groups is 1. The Bertz CT molecular complexity index is 593. The maximum absolute atomic E-state index is 12.5. The maximum Gasteiger partial charge on any atom is 0.222 e. The number of hydrogen-bond acceptors (Lipinski definition) is 4. The SMILES string of the molecule is O=C(CCCOCc1ccccc1)N1CCN(C2CN3CCC2CC3)CC1. The standard InChI is InChI=1S/C22H33N3O2/c26-22(7-4-16-27-18-19-5-2-1-3-6-19)25-14-12-24(13-15-25)21-17-23-10-8-20(21)9-11-23/h1-3,5-6,20-21H,4,7-18H2. The molecule has 4 heterocycles. The van der Waals surface area contributed by atoms with E-state index < -0.39 is 0 Å². The number of hydrogen-bond donors (Lipinski definition) is 0. The second-order valence-electron chi connectivity index (χ2n) is 8.26. The first-order valence-electron chi connectivity index (χ1n) is 10.7. The Balaban J connectivity index is 1.12. The number of amides is 1. The first kappa shape index (κ1) is 18.9. The number of benzene rings is 1. The van der Waals surface area contributed by atoms with Gasteiger partial charge in [0.1, 0.15) is 0 Å². The van der Waals surface area contributed by atoms with Gasteiger partial charge in [-0.3, -0.25) is 9.69 Å². The number of piperidine rings is 3. The zero-order chi connectivity index (χ0) is 18.5. The fourth-order valence-electron chi connectivity index (χ4n) is 4.90. The number of rotatable bonds is 7. The minimum atomic E-state index is 0.298. The quantitative estimate of drug-likeness (QED) is 0.689. The average Bonchev–Trinajstić information content (AvgIpc) is 2.75. The number of nitrogens with zero attached hydrogens (tertiary/aromatic N) is 3. The van der Waals surface area contributed by atoms with E-state index >= 15 is 0 Å². The van der Waals surface area contributed by atoms with E-state index in [1.165, 1.54) is 38.0 Å². The molecule has 148 valence electrons. The molecule has 5 nitrogen and oxygen atoms in total. The van der Waals surface area contributed by atoms with Crippen molar-refractivity contribution in [1.82, 2.24) is 14.7 Å². The first-order chi connectivity index (χ1) is 13.3. The van der Waals surface area contributed by atoms with Crippen molar-refractivity contribution in [1.29, 1.82) is 0 Å². The Morgan fingerprint density at radius 3 is 2.41 bits per heavy atom. The number of ether oxygens (including phenoxy) is 1. The minimum Gasteiger partial charge on any atom is -0.377 e. The van der Waals surface area contributed by atoms with Crippen molar-refractivity contribution in [2.24, 2.45) is 5.92 Å². The van der Waals surface area contributed by atoms with Crippen LogP contribution in [0.2, 0.25) is 0 Å². The Morgan fingerprint density at radius 1 is 1.00 bits per heavy atom. The van der Waals surface area contributed by atoms with Crippen LogP contribution >= 0.6 is 0 Å². The van der Waals surface area contributed by atoms with Crippen LogP contribution < -0.4 is 0 Å². The third kappa shape index (κ3) is 4.89. The highest BCUT2D eigenvalue weighted by Crippen LogP contribution is 2.31. The van der Waals surface area contributed by atoms with Crippen molar-refractivity contribution in [2.45, 2.75) is 38.3 Å². The topological polar surface area (TPSA) is 36.0 Å². The van der Waals surface area contributed by atoms with Crippen LogP contribution in [0.4, 0.5) is 0 Å². The molecule has 4 aliphatic heterocycles. The third-order valence-corrected chi connectivity index (χ3v) is 6.55. The summed E-state index contributed by atoms with van der Waals surface area (Å²) in [4.78, 5) is 19.8. The van der Waals surface area contributed by atoms with Crippen LogP contribution in [0.25, 0.3) is 0 Å². The van der Waals surface area contributed by atoms with Gasteiger partial charge in [-0.2, -0.15) is 0 Å². The lowest BCUT2D eigenvalue weighted by molar-refractivity contribution is -0.134. The normalized spacial score (nSPS) is 28.4. The zero-order valence-electron chi connectivity index (χ0n) is 16.4. The summed E-state index contributed by atoms with van der Waals surface area (Å²) in [5.41, 5.74) is 1.19. The highest BCUT2D eigenvalue weighted by Gasteiger charge is 2.38. The molecule has 2 bridgehead atoms. The molecule has 0 radical (unpaired) electrons. The molecule has 4 saturated heterocycles. The van der Waals surface area contributed by atoms with Gasteiger partial charge in [0.15, 0.2) is 0 Å². The molecule has 5 rings (SSSR count). The lowest BCUT2D eigenvalue weighted by Crippen LogP contribution is -2.61. The molecule has 1 amide bonds. The molecule has 0 spiro atoms. The smallest absolute Gasteiger partial charge is 0.222 e. The Kier molecular flexibility index (Phi) is 6.43. The van der Waals surface area contributed by atoms with Crippen molar-refractivity contribution in [3.63, 3.8) is 0 Å². The van der Waals surface area contributed by atoms with Gasteiger partial charge >= 0.3 is 0 Å². The molecular formula is C22H33N3O2. The van der Waals surface area contributed by atoms with Gasteiger partial charge in [0, 0.05) is 51.8 Å². The van der Waals surface area contributed by atoms with Crippen molar-refractivity contribution < 1.29 is 9.53 Å². The van der Waals surface area contributed by atoms with Crippen LogP contribution in [-0.4, -0.2) is 79.1 Å². The summed E-state index contributed by atoms with van der Waals surface area (Å²) in [6.07, 6.45) is 4.15. The van der Waals surface area contributed by atoms with E-state index in [4.69, 9.17) is 4.74 Å². The van der Waals surface area contributed by atoms with Crippen molar-refractivity contribution in [3.05, 3.63) is 35.9 Å². The van der Waals surface area contributed by atoms with E-state index in [0.717, 1.165) is 44.6 Å². The molecular weight excluding hydrogens is 338 g/mol. The molecule has 27 heavy (non-hydrogen) atoms. The van der Waals surface area contributed by atoms with Gasteiger partial charge < -0.3 is 14.5 Å². The van der Waals surface area contributed by atoms with Crippen LogP contribution in [-0.2, 0) is 16.1 Å². The number of carbonyl (C=O) groups excluding carboxylic acids is 1. The fraction of sp³-hybridized carbons (Fsp3) is 0.682. The van der Waals surface area contributed by atoms with Crippen molar-refractivity contribution in [3.8, 4) is 0 Å². The summed E-state index contributed by atoms with van der Waals surface area (Å²) in [5.74, 6) is 1.19. The van der Waals surface area contributed by atoms with E-state index in [1.807, 2.05) is 18.2 Å².